The number of aromatic hydroxyl groups is 2. The summed E-state index contributed by atoms with van der Waals surface area (Å²) in [5.41, 5.74) is 3.42. The first-order valence-corrected chi connectivity index (χ1v) is 9.85. The van der Waals surface area contributed by atoms with Crippen LogP contribution >= 0.6 is 0 Å². The molecule has 1 amide bonds. The molecule has 9 heteroatoms. The number of nitrogens with two attached hydrogens (primary N) is 1. The third-order valence-corrected chi connectivity index (χ3v) is 6.87. The first-order valence-electron chi connectivity index (χ1n) is 9.85. The molecule has 1 saturated carbocycles. The molecule has 2 aromatic carbocycles. The molecule has 2 aliphatic rings. The summed E-state index contributed by atoms with van der Waals surface area (Å²) in [5.74, 6) is -7.05. The minimum absolute atomic E-state index is 0.0142. The van der Waals surface area contributed by atoms with E-state index in [4.69, 9.17) is 5.73 Å². The number of phenolic OH excluding ortho intramolecular Hbond substituents is 2. The number of fused-ring (bicyclic) bond motifs is 3. The van der Waals surface area contributed by atoms with Crippen molar-refractivity contribution in [3.63, 3.8) is 0 Å². The van der Waals surface area contributed by atoms with E-state index < -0.39 is 52.8 Å². The van der Waals surface area contributed by atoms with Crippen molar-refractivity contribution < 1.29 is 34.8 Å². The van der Waals surface area contributed by atoms with E-state index in [2.05, 4.69) is 0 Å². The summed E-state index contributed by atoms with van der Waals surface area (Å²) >= 11 is 0. The minimum Gasteiger partial charge on any atom is -0.507 e. The zero-order valence-electron chi connectivity index (χ0n) is 17.3. The second kappa shape index (κ2) is 6.74. The average Bonchev–Trinajstić information content (AvgIpc) is 2.68. The van der Waals surface area contributed by atoms with E-state index in [0.717, 1.165) is 0 Å². The number of carbonyl (C=O) groups excluding carboxylic acids is 3. The number of Topliss-reactive ketones (excluding diaryl/α,β-unsaturated/α-hetero) is 2. The zero-order chi connectivity index (χ0) is 23.0. The number of rotatable bonds is 2. The Hall–Kier alpha value is -3.01. The topological polar surface area (TPSA) is 161 Å². The number of aliphatic hydroxyl groups excluding tert-OH is 1. The Labute approximate surface area is 177 Å². The summed E-state index contributed by atoms with van der Waals surface area (Å²) < 4.78 is 0. The van der Waals surface area contributed by atoms with E-state index >= 15 is 0 Å². The molecule has 0 heterocycles. The molecule has 0 bridgehead atoms. The minimum atomic E-state index is -2.66. The number of likely N-dealkylation sites (N-methyl/N-ethyl adjacent to an activating group) is 1. The lowest BCUT2D eigenvalue weighted by Crippen LogP contribution is -2.72. The van der Waals surface area contributed by atoms with Crippen LogP contribution in [0.2, 0.25) is 0 Å². The van der Waals surface area contributed by atoms with Crippen LogP contribution in [0.25, 0.3) is 10.8 Å². The normalized spacial score (nSPS) is 30.4. The van der Waals surface area contributed by atoms with Gasteiger partial charge in [-0.1, -0.05) is 12.1 Å². The van der Waals surface area contributed by atoms with Crippen molar-refractivity contribution in [2.75, 3.05) is 14.1 Å². The highest BCUT2D eigenvalue weighted by molar-refractivity contribution is 6.26. The van der Waals surface area contributed by atoms with Gasteiger partial charge in [-0.2, -0.15) is 0 Å². The van der Waals surface area contributed by atoms with Crippen LogP contribution in [0.5, 0.6) is 11.5 Å². The van der Waals surface area contributed by atoms with E-state index in [9.17, 15) is 34.8 Å². The number of hydrogen-bond donors (Lipinski definition) is 5. The lowest BCUT2D eigenvalue weighted by molar-refractivity contribution is -0.169. The molecule has 6 N–H and O–H groups in total. The van der Waals surface area contributed by atoms with Crippen molar-refractivity contribution in [1.29, 1.82) is 0 Å². The Morgan fingerprint density at radius 3 is 2.45 bits per heavy atom. The fourth-order valence-electron chi connectivity index (χ4n) is 5.40. The Morgan fingerprint density at radius 2 is 1.87 bits per heavy atom. The number of nitrogens with zero attached hydrogens (tertiary/aromatic N) is 1. The molecule has 0 saturated heterocycles. The van der Waals surface area contributed by atoms with Gasteiger partial charge in [0.15, 0.2) is 11.4 Å². The predicted octanol–water partition coefficient (Wildman–Crippen LogP) is -0.379. The van der Waals surface area contributed by atoms with Crippen molar-refractivity contribution in [2.24, 2.45) is 17.6 Å². The van der Waals surface area contributed by atoms with Crippen LogP contribution in [0, 0.1) is 18.8 Å². The number of phenols is 2. The van der Waals surface area contributed by atoms with Crippen molar-refractivity contribution in [2.45, 2.75) is 31.1 Å². The van der Waals surface area contributed by atoms with Gasteiger partial charge in [0.1, 0.15) is 17.4 Å². The smallest absolute Gasteiger partial charge is 0.230 e. The fraction of sp³-hybridized carbons (Fsp3) is 0.409. The molecule has 0 aromatic heterocycles. The molecule has 2 aliphatic carbocycles. The molecule has 0 spiro atoms. The van der Waals surface area contributed by atoms with Crippen LogP contribution in [-0.2, 0) is 16.0 Å². The highest BCUT2D eigenvalue weighted by atomic mass is 16.3. The second-order valence-electron chi connectivity index (χ2n) is 8.62. The van der Waals surface area contributed by atoms with Gasteiger partial charge in [-0.15, -0.1) is 0 Å². The second-order valence-corrected chi connectivity index (χ2v) is 8.62. The van der Waals surface area contributed by atoms with Crippen molar-refractivity contribution >= 4 is 28.2 Å². The summed E-state index contributed by atoms with van der Waals surface area (Å²) in [6, 6.07) is 3.71. The maximum atomic E-state index is 13.6. The number of primary amides is 1. The molecule has 5 atom stereocenters. The summed E-state index contributed by atoms with van der Waals surface area (Å²) in [6.07, 6.45) is -1.53. The molecule has 4 rings (SSSR count). The average molecular weight is 428 g/mol. The first kappa shape index (κ1) is 21.2. The SMILES string of the molecule is Cc1c2c(c(O)c3c(O)cccc13)C(=O)[C@@]1(O)C(=O)[C@@H](C(N)=O)[C@@H](O)[C@@H](N(C)C)[C@@H]1C2. The third-order valence-electron chi connectivity index (χ3n) is 6.87. The highest BCUT2D eigenvalue weighted by Crippen LogP contribution is 2.50. The van der Waals surface area contributed by atoms with Crippen molar-refractivity contribution in [3.05, 3.63) is 34.9 Å². The summed E-state index contributed by atoms with van der Waals surface area (Å²) in [4.78, 5) is 40.3. The molecular formula is C22H24N2O7. The molecular weight excluding hydrogens is 404 g/mol. The molecule has 2 aromatic rings. The number of amides is 1. The van der Waals surface area contributed by atoms with E-state index in [1.165, 1.54) is 6.07 Å². The number of carbonyl (C=O) groups is 3. The Balaban J connectivity index is 2.05. The van der Waals surface area contributed by atoms with Gasteiger partial charge in [0, 0.05) is 12.0 Å². The largest absolute Gasteiger partial charge is 0.507 e. The van der Waals surface area contributed by atoms with Gasteiger partial charge < -0.3 is 31.1 Å². The zero-order valence-corrected chi connectivity index (χ0v) is 17.3. The summed E-state index contributed by atoms with van der Waals surface area (Å²) in [7, 11) is 3.20. The standard InChI is InChI=1S/C22H24N2O7/c1-8-9-5-4-6-12(25)13(9)17(26)14-10(8)7-11-16(24(2)3)18(27)15(21(23)30)20(29)22(11,31)19(14)28/h4-6,11,15-16,18,25-27,31H,7H2,1-3H3,(H2,23,30)/t11-,15-,16-,18+,22+/m0/s1. The summed E-state index contributed by atoms with van der Waals surface area (Å²) in [6.45, 7) is 1.72. The third kappa shape index (κ3) is 2.57. The molecule has 0 unspecified atom stereocenters. The number of hydrogen-bond acceptors (Lipinski definition) is 8. The lowest BCUT2D eigenvalue weighted by Gasteiger charge is -2.51. The van der Waals surface area contributed by atoms with Gasteiger partial charge in [-0.3, -0.25) is 14.4 Å². The summed E-state index contributed by atoms with van der Waals surface area (Å²) in [5, 5.41) is 44.0. The van der Waals surface area contributed by atoms with Crippen LogP contribution in [0.15, 0.2) is 18.2 Å². The van der Waals surface area contributed by atoms with E-state index in [0.29, 0.717) is 16.5 Å². The number of aliphatic hydroxyl groups is 2. The van der Waals surface area contributed by atoms with Gasteiger partial charge >= 0.3 is 0 Å². The molecule has 1 fully saturated rings. The molecule has 164 valence electrons. The van der Waals surface area contributed by atoms with Crippen LogP contribution < -0.4 is 5.73 Å². The molecule has 0 radical (unpaired) electrons. The van der Waals surface area contributed by atoms with E-state index in [1.807, 2.05) is 0 Å². The molecule has 0 aliphatic heterocycles. The molecule has 9 nitrogen and oxygen atoms in total. The molecule has 31 heavy (non-hydrogen) atoms. The van der Waals surface area contributed by atoms with Gasteiger partial charge in [0.25, 0.3) is 0 Å². The number of ketones is 2. The van der Waals surface area contributed by atoms with Crippen LogP contribution in [0.1, 0.15) is 21.5 Å². The van der Waals surface area contributed by atoms with Crippen molar-refractivity contribution in [3.8, 4) is 11.5 Å². The van der Waals surface area contributed by atoms with E-state index in [-0.39, 0.29) is 23.1 Å². The Kier molecular flexibility index (Phi) is 4.62. The van der Waals surface area contributed by atoms with Crippen LogP contribution in [0.3, 0.4) is 0 Å². The number of benzene rings is 2. The van der Waals surface area contributed by atoms with Gasteiger partial charge in [-0.05, 0) is 50.0 Å². The van der Waals surface area contributed by atoms with Crippen LogP contribution in [-0.4, -0.2) is 74.6 Å². The predicted molar refractivity (Wildman–Crippen MR) is 110 cm³/mol. The van der Waals surface area contributed by atoms with Gasteiger partial charge in [-0.25, -0.2) is 0 Å². The maximum absolute atomic E-state index is 13.6. The Bertz CT molecular complexity index is 1160. The maximum Gasteiger partial charge on any atom is 0.230 e. The number of aryl methyl sites for hydroxylation is 1. The van der Waals surface area contributed by atoms with Crippen molar-refractivity contribution in [1.82, 2.24) is 4.90 Å². The monoisotopic (exact) mass is 428 g/mol. The Morgan fingerprint density at radius 1 is 1.23 bits per heavy atom. The fourth-order valence-corrected chi connectivity index (χ4v) is 5.40. The quantitative estimate of drug-likeness (QED) is 0.405. The lowest BCUT2D eigenvalue weighted by atomic mass is 9.57. The van der Waals surface area contributed by atoms with Gasteiger partial charge in [0.2, 0.25) is 11.7 Å². The first-order chi connectivity index (χ1) is 14.4. The van der Waals surface area contributed by atoms with Gasteiger partial charge in [0.05, 0.1) is 17.1 Å². The highest BCUT2D eigenvalue weighted by Gasteiger charge is 2.66. The van der Waals surface area contributed by atoms with E-state index in [1.54, 1.807) is 38.1 Å². The van der Waals surface area contributed by atoms with Crippen LogP contribution in [0.4, 0.5) is 0 Å².